The average Bonchev–Trinajstić information content (AvgIpc) is 2.94. The molecule has 0 spiro atoms. The van der Waals surface area contributed by atoms with Gasteiger partial charge in [-0.2, -0.15) is 0 Å². The molecule has 0 fully saturated rings. The number of hydrogen-bond donors (Lipinski definition) is 2. The average molecular weight is 616 g/mol. The normalized spacial score (nSPS) is 12.5. The highest BCUT2D eigenvalue weighted by Gasteiger charge is 2.28. The van der Waals surface area contributed by atoms with Crippen LogP contribution in [0.4, 0.5) is 11.4 Å². The predicted octanol–water partition coefficient (Wildman–Crippen LogP) is 8.98. The van der Waals surface area contributed by atoms with Crippen LogP contribution in [0.15, 0.2) is 60.7 Å². The Labute approximate surface area is 258 Å². The standard InChI is InChI=1S/C33H37Cl3N2O3/c1-7-32(3,4)22-13-12-20(25(18-22)33(5,6)8-2)17-28(39)37-24-11-9-10-21(16-24)30(40)29(36)31(41)38-27-19-23(34)14-15-26(27)35/h9-16,18-19,29H,7-8,17H2,1-6H3,(H,37,39)(H,38,41). The lowest BCUT2D eigenvalue weighted by Crippen LogP contribution is -2.30. The summed E-state index contributed by atoms with van der Waals surface area (Å²) in [4.78, 5) is 38.8. The second kappa shape index (κ2) is 13.4. The molecule has 8 heteroatoms. The minimum atomic E-state index is -1.51. The molecule has 1 atom stereocenters. The third kappa shape index (κ3) is 8.12. The minimum absolute atomic E-state index is 0.0317. The molecular weight excluding hydrogens is 579 g/mol. The largest absolute Gasteiger partial charge is 0.326 e. The van der Waals surface area contributed by atoms with Crippen LogP contribution in [0.1, 0.15) is 81.4 Å². The summed E-state index contributed by atoms with van der Waals surface area (Å²) >= 11 is 18.3. The van der Waals surface area contributed by atoms with Crippen LogP contribution in [-0.4, -0.2) is 23.0 Å². The van der Waals surface area contributed by atoms with Crippen molar-refractivity contribution in [3.05, 3.63) is 93.0 Å². The molecule has 3 aromatic rings. The van der Waals surface area contributed by atoms with Gasteiger partial charge >= 0.3 is 0 Å². The number of rotatable bonds is 11. The molecule has 5 nitrogen and oxygen atoms in total. The molecule has 0 saturated heterocycles. The monoisotopic (exact) mass is 614 g/mol. The van der Waals surface area contributed by atoms with E-state index in [1.807, 2.05) is 0 Å². The van der Waals surface area contributed by atoms with Crippen LogP contribution in [0.2, 0.25) is 10.0 Å². The number of hydrogen-bond acceptors (Lipinski definition) is 3. The van der Waals surface area contributed by atoms with Crippen LogP contribution in [0.5, 0.6) is 0 Å². The van der Waals surface area contributed by atoms with Gasteiger partial charge in [0.05, 0.1) is 17.1 Å². The summed E-state index contributed by atoms with van der Waals surface area (Å²) in [5.74, 6) is -1.56. The van der Waals surface area contributed by atoms with Crippen LogP contribution in [-0.2, 0) is 26.8 Å². The van der Waals surface area contributed by atoms with Crippen molar-refractivity contribution >= 4 is 63.8 Å². The van der Waals surface area contributed by atoms with Crippen molar-refractivity contribution in [1.82, 2.24) is 0 Å². The molecule has 0 bridgehead atoms. The van der Waals surface area contributed by atoms with Crippen molar-refractivity contribution in [2.45, 2.75) is 77.0 Å². The zero-order valence-electron chi connectivity index (χ0n) is 24.3. The summed E-state index contributed by atoms with van der Waals surface area (Å²) in [5, 5.41) is 4.55. The first-order valence-electron chi connectivity index (χ1n) is 13.7. The van der Waals surface area contributed by atoms with Gasteiger partial charge in [-0.25, -0.2) is 0 Å². The maximum atomic E-state index is 13.2. The Morgan fingerprint density at radius 2 is 1.51 bits per heavy atom. The summed E-state index contributed by atoms with van der Waals surface area (Å²) in [7, 11) is 0. The zero-order chi connectivity index (χ0) is 30.5. The van der Waals surface area contributed by atoms with Gasteiger partial charge in [-0.05, 0) is 70.7 Å². The van der Waals surface area contributed by atoms with Gasteiger partial charge in [0, 0.05) is 16.3 Å². The maximum absolute atomic E-state index is 13.2. The first kappa shape index (κ1) is 32.7. The second-order valence-electron chi connectivity index (χ2n) is 11.5. The fourth-order valence-corrected chi connectivity index (χ4v) is 4.88. The lowest BCUT2D eigenvalue weighted by atomic mass is 9.74. The van der Waals surface area contributed by atoms with E-state index in [4.69, 9.17) is 34.8 Å². The van der Waals surface area contributed by atoms with E-state index in [-0.39, 0.29) is 39.4 Å². The van der Waals surface area contributed by atoms with Crippen LogP contribution in [0, 0.1) is 0 Å². The Bertz CT molecular complexity index is 1450. The third-order valence-corrected chi connectivity index (χ3v) is 8.78. The SMILES string of the molecule is CCC(C)(C)c1ccc(CC(=O)Nc2cccc(C(=O)C(Cl)C(=O)Nc3cc(Cl)ccc3Cl)c2)c(C(C)(C)CC)c1. The molecule has 3 rings (SSSR count). The van der Waals surface area contributed by atoms with Crippen molar-refractivity contribution in [3.8, 4) is 0 Å². The summed E-state index contributed by atoms with van der Waals surface area (Å²) < 4.78 is 0. The summed E-state index contributed by atoms with van der Waals surface area (Å²) in [6.45, 7) is 13.2. The van der Waals surface area contributed by atoms with E-state index >= 15 is 0 Å². The number of halogens is 3. The van der Waals surface area contributed by atoms with E-state index in [1.165, 1.54) is 23.8 Å². The molecule has 2 N–H and O–H groups in total. The Kier molecular flexibility index (Phi) is 10.7. The molecule has 41 heavy (non-hydrogen) atoms. The Balaban J connectivity index is 1.76. The molecule has 0 aliphatic carbocycles. The Hall–Kier alpha value is -2.86. The smallest absolute Gasteiger partial charge is 0.250 e. The Morgan fingerprint density at radius 1 is 0.829 bits per heavy atom. The number of alkyl halides is 1. The van der Waals surface area contributed by atoms with Gasteiger partial charge in [0.25, 0.3) is 0 Å². The van der Waals surface area contributed by atoms with Crippen LogP contribution in [0.25, 0.3) is 0 Å². The fraction of sp³-hybridized carbons (Fsp3) is 0.364. The van der Waals surface area contributed by atoms with Gasteiger partial charge < -0.3 is 10.6 Å². The zero-order valence-corrected chi connectivity index (χ0v) is 26.6. The number of benzene rings is 3. The highest BCUT2D eigenvalue weighted by Crippen LogP contribution is 2.35. The van der Waals surface area contributed by atoms with Crippen molar-refractivity contribution in [2.75, 3.05) is 10.6 Å². The molecule has 0 radical (unpaired) electrons. The molecule has 0 aromatic heterocycles. The van der Waals surface area contributed by atoms with E-state index in [0.29, 0.717) is 10.7 Å². The van der Waals surface area contributed by atoms with Gasteiger partial charge in [0.1, 0.15) is 0 Å². The van der Waals surface area contributed by atoms with Gasteiger partial charge in [0.15, 0.2) is 11.2 Å². The Morgan fingerprint density at radius 3 is 2.17 bits per heavy atom. The van der Waals surface area contributed by atoms with E-state index in [0.717, 1.165) is 24.0 Å². The lowest BCUT2D eigenvalue weighted by molar-refractivity contribution is -0.116. The number of Topliss-reactive ketones (excluding diaryl/α,β-unsaturated/α-hetero) is 1. The molecule has 0 aliphatic heterocycles. The summed E-state index contributed by atoms with van der Waals surface area (Å²) in [6.07, 6.45) is 2.12. The highest BCUT2D eigenvalue weighted by atomic mass is 35.5. The van der Waals surface area contributed by atoms with Crippen LogP contribution in [0.3, 0.4) is 0 Å². The molecule has 0 heterocycles. The number of anilines is 2. The quantitative estimate of drug-likeness (QED) is 0.128. The van der Waals surface area contributed by atoms with Gasteiger partial charge in [-0.3, -0.25) is 14.4 Å². The van der Waals surface area contributed by atoms with E-state index in [1.54, 1.807) is 24.3 Å². The summed E-state index contributed by atoms with van der Waals surface area (Å²) in [6, 6.07) is 17.4. The second-order valence-corrected chi connectivity index (χ2v) is 12.8. The molecular formula is C33H37Cl3N2O3. The number of amides is 2. The number of carbonyl (C=O) groups excluding carboxylic acids is 3. The molecule has 2 amide bonds. The molecule has 1 unspecified atom stereocenters. The first-order chi connectivity index (χ1) is 19.2. The number of nitrogens with one attached hydrogen (secondary N) is 2. The van der Waals surface area contributed by atoms with Gasteiger partial charge in [-0.1, -0.05) is 95.1 Å². The van der Waals surface area contributed by atoms with Crippen molar-refractivity contribution in [3.63, 3.8) is 0 Å². The van der Waals surface area contributed by atoms with Gasteiger partial charge in [-0.15, -0.1) is 11.6 Å². The minimum Gasteiger partial charge on any atom is -0.326 e. The molecule has 218 valence electrons. The maximum Gasteiger partial charge on any atom is 0.250 e. The third-order valence-electron chi connectivity index (χ3n) is 7.82. The molecule has 0 aliphatic rings. The first-order valence-corrected chi connectivity index (χ1v) is 14.9. The van der Waals surface area contributed by atoms with Crippen molar-refractivity contribution in [2.24, 2.45) is 0 Å². The fourth-order valence-electron chi connectivity index (χ4n) is 4.36. The number of carbonyl (C=O) groups is 3. The van der Waals surface area contributed by atoms with E-state index in [9.17, 15) is 14.4 Å². The predicted molar refractivity (Wildman–Crippen MR) is 171 cm³/mol. The van der Waals surface area contributed by atoms with Crippen LogP contribution >= 0.6 is 34.8 Å². The van der Waals surface area contributed by atoms with Crippen molar-refractivity contribution < 1.29 is 14.4 Å². The van der Waals surface area contributed by atoms with Crippen LogP contribution < -0.4 is 10.6 Å². The highest BCUT2D eigenvalue weighted by molar-refractivity contribution is 6.46. The summed E-state index contributed by atoms with van der Waals surface area (Å²) in [5.41, 5.74) is 4.18. The molecule has 0 saturated carbocycles. The number of ketones is 1. The molecule has 3 aromatic carbocycles. The topological polar surface area (TPSA) is 75.3 Å². The van der Waals surface area contributed by atoms with E-state index in [2.05, 4.69) is 70.4 Å². The van der Waals surface area contributed by atoms with E-state index < -0.39 is 17.1 Å². The lowest BCUT2D eigenvalue weighted by Gasteiger charge is -2.30. The van der Waals surface area contributed by atoms with Crippen molar-refractivity contribution in [1.29, 1.82) is 0 Å². The van der Waals surface area contributed by atoms with Gasteiger partial charge in [0.2, 0.25) is 11.8 Å².